The number of aliphatic imine (C=N–C) groups is 1. The summed E-state index contributed by atoms with van der Waals surface area (Å²) in [7, 11) is 3.28. The van der Waals surface area contributed by atoms with Gasteiger partial charge >= 0.3 is 0 Å². The lowest BCUT2D eigenvalue weighted by Gasteiger charge is -2.22. The summed E-state index contributed by atoms with van der Waals surface area (Å²) in [6.07, 6.45) is 8.54. The fourth-order valence-corrected chi connectivity index (χ4v) is 4.54. The first-order valence-corrected chi connectivity index (χ1v) is 11.0. The summed E-state index contributed by atoms with van der Waals surface area (Å²) < 4.78 is 10.7. The summed E-state index contributed by atoms with van der Waals surface area (Å²) in [5.41, 5.74) is 4.47. The summed E-state index contributed by atoms with van der Waals surface area (Å²) in [5, 5.41) is 2.79. The molecular weight excluding hydrogens is 380 g/mol. The number of aromatic nitrogens is 1. The minimum atomic E-state index is 0.725. The van der Waals surface area contributed by atoms with E-state index in [1.54, 1.807) is 31.8 Å². The van der Waals surface area contributed by atoms with Crippen LogP contribution in [0, 0.1) is 0 Å². The summed E-state index contributed by atoms with van der Waals surface area (Å²) in [6, 6.07) is 14.6. The number of nitrogens with zero attached hydrogens (tertiary/aromatic N) is 2. The van der Waals surface area contributed by atoms with Crippen molar-refractivity contribution >= 4 is 22.7 Å². The van der Waals surface area contributed by atoms with Crippen LogP contribution in [0.4, 0.5) is 5.13 Å². The van der Waals surface area contributed by atoms with Crippen LogP contribution in [0.2, 0.25) is 0 Å². The summed E-state index contributed by atoms with van der Waals surface area (Å²) in [4.78, 5) is 9.22. The van der Waals surface area contributed by atoms with Gasteiger partial charge in [-0.25, -0.2) is 9.98 Å². The molecule has 1 heterocycles. The first kappa shape index (κ1) is 19.6. The third-order valence-electron chi connectivity index (χ3n) is 5.53. The van der Waals surface area contributed by atoms with Crippen LogP contribution in [0.15, 0.2) is 52.8 Å². The van der Waals surface area contributed by atoms with Gasteiger partial charge in [0.1, 0.15) is 11.5 Å². The van der Waals surface area contributed by atoms with Gasteiger partial charge in [0, 0.05) is 28.8 Å². The lowest BCUT2D eigenvalue weighted by atomic mass is 9.84. The van der Waals surface area contributed by atoms with Crippen molar-refractivity contribution in [2.75, 3.05) is 14.2 Å². The van der Waals surface area contributed by atoms with E-state index in [9.17, 15) is 0 Å². The maximum absolute atomic E-state index is 5.42. The molecule has 0 aliphatic heterocycles. The summed E-state index contributed by atoms with van der Waals surface area (Å²) >= 11 is 1.54. The highest BCUT2D eigenvalue weighted by molar-refractivity contribution is 7.13. The predicted molar refractivity (Wildman–Crippen MR) is 120 cm³/mol. The van der Waals surface area contributed by atoms with Gasteiger partial charge in [0.25, 0.3) is 0 Å². The van der Waals surface area contributed by atoms with E-state index in [2.05, 4.69) is 39.6 Å². The van der Waals surface area contributed by atoms with Gasteiger partial charge in [0.15, 0.2) is 0 Å². The molecule has 1 saturated carbocycles. The number of hydrogen-bond acceptors (Lipinski definition) is 5. The highest BCUT2D eigenvalue weighted by atomic mass is 32.1. The molecule has 0 N–H and O–H groups in total. The predicted octanol–water partition coefficient (Wildman–Crippen LogP) is 6.63. The average molecular weight is 407 g/mol. The van der Waals surface area contributed by atoms with Crippen LogP contribution in [0.3, 0.4) is 0 Å². The van der Waals surface area contributed by atoms with Crippen molar-refractivity contribution in [3.05, 3.63) is 59.0 Å². The van der Waals surface area contributed by atoms with Crippen LogP contribution in [0.1, 0.15) is 49.1 Å². The van der Waals surface area contributed by atoms with E-state index in [1.807, 2.05) is 18.2 Å². The normalized spacial score (nSPS) is 15.0. The Morgan fingerprint density at radius 3 is 2.52 bits per heavy atom. The molecule has 5 heteroatoms. The molecule has 4 nitrogen and oxygen atoms in total. The van der Waals surface area contributed by atoms with Gasteiger partial charge < -0.3 is 9.47 Å². The number of ether oxygens (including phenoxy) is 2. The van der Waals surface area contributed by atoms with Crippen molar-refractivity contribution in [1.29, 1.82) is 0 Å². The Morgan fingerprint density at radius 2 is 1.79 bits per heavy atom. The molecule has 1 fully saturated rings. The lowest BCUT2D eigenvalue weighted by molar-refractivity contribution is 0.394. The molecule has 29 heavy (non-hydrogen) atoms. The fraction of sp³-hybridized carbons (Fsp3) is 0.333. The molecule has 150 valence electrons. The minimum absolute atomic E-state index is 0.725. The van der Waals surface area contributed by atoms with Gasteiger partial charge in [0.2, 0.25) is 5.13 Å². The van der Waals surface area contributed by atoms with Gasteiger partial charge in [-0.2, -0.15) is 0 Å². The molecule has 3 aromatic rings. The molecule has 4 rings (SSSR count). The Balaban J connectivity index is 1.48. The van der Waals surface area contributed by atoms with Crippen molar-refractivity contribution in [1.82, 2.24) is 4.98 Å². The van der Waals surface area contributed by atoms with Gasteiger partial charge in [-0.1, -0.05) is 43.5 Å². The monoisotopic (exact) mass is 406 g/mol. The Bertz CT molecular complexity index is 973. The standard InChI is InChI=1S/C24H26N2O2S/c1-27-21-13-12-20(23(14-21)28-2)15-25-24-26-22(16-29-24)19-10-8-18(9-11-19)17-6-4-3-5-7-17/h8-17H,3-7H2,1-2H3. The van der Waals surface area contributed by atoms with E-state index in [-0.39, 0.29) is 0 Å². The first-order chi connectivity index (χ1) is 14.3. The second-order valence-corrected chi connectivity index (χ2v) is 8.17. The van der Waals surface area contributed by atoms with Gasteiger partial charge in [-0.05, 0) is 36.5 Å². The molecule has 0 spiro atoms. The Morgan fingerprint density at radius 1 is 1.00 bits per heavy atom. The second kappa shape index (κ2) is 9.23. The number of methoxy groups -OCH3 is 2. The van der Waals surface area contributed by atoms with Gasteiger partial charge in [0.05, 0.1) is 19.9 Å². The van der Waals surface area contributed by atoms with Crippen molar-refractivity contribution in [3.63, 3.8) is 0 Å². The molecule has 0 atom stereocenters. The minimum Gasteiger partial charge on any atom is -0.497 e. The quantitative estimate of drug-likeness (QED) is 0.432. The molecule has 1 aliphatic carbocycles. The van der Waals surface area contributed by atoms with Crippen molar-refractivity contribution in [2.24, 2.45) is 4.99 Å². The summed E-state index contributed by atoms with van der Waals surface area (Å²) in [5.74, 6) is 2.21. The maximum atomic E-state index is 5.42. The molecular formula is C24H26N2O2S. The van der Waals surface area contributed by atoms with E-state index in [0.717, 1.165) is 39.4 Å². The largest absolute Gasteiger partial charge is 0.497 e. The van der Waals surface area contributed by atoms with Crippen LogP contribution in [-0.2, 0) is 0 Å². The van der Waals surface area contributed by atoms with Crippen LogP contribution < -0.4 is 9.47 Å². The van der Waals surface area contributed by atoms with Gasteiger partial charge in [-0.3, -0.25) is 0 Å². The highest BCUT2D eigenvalue weighted by Crippen LogP contribution is 2.34. The van der Waals surface area contributed by atoms with Crippen LogP contribution in [-0.4, -0.2) is 25.4 Å². The topological polar surface area (TPSA) is 43.7 Å². The van der Waals surface area contributed by atoms with E-state index >= 15 is 0 Å². The number of rotatable bonds is 6. The third-order valence-corrected chi connectivity index (χ3v) is 6.28. The SMILES string of the molecule is COc1ccc(C=Nc2nc(-c3ccc(C4CCCCC4)cc3)cs2)c(OC)c1. The van der Waals surface area contributed by atoms with Crippen LogP contribution in [0.5, 0.6) is 11.5 Å². The third kappa shape index (κ3) is 4.67. The lowest BCUT2D eigenvalue weighted by Crippen LogP contribution is -2.04. The van der Waals surface area contributed by atoms with E-state index in [4.69, 9.17) is 9.47 Å². The Hall–Kier alpha value is -2.66. The van der Waals surface area contributed by atoms with Crippen molar-refractivity contribution < 1.29 is 9.47 Å². The smallest absolute Gasteiger partial charge is 0.209 e. The van der Waals surface area contributed by atoms with Crippen molar-refractivity contribution in [2.45, 2.75) is 38.0 Å². The molecule has 1 aromatic heterocycles. The summed E-state index contributed by atoms with van der Waals surface area (Å²) in [6.45, 7) is 0. The van der Waals surface area contributed by atoms with Gasteiger partial charge in [-0.15, -0.1) is 11.3 Å². The number of thiazole rings is 1. The number of hydrogen-bond donors (Lipinski definition) is 0. The second-order valence-electron chi connectivity index (χ2n) is 7.34. The molecule has 1 aliphatic rings. The fourth-order valence-electron chi connectivity index (χ4n) is 3.87. The Labute approximate surface area is 176 Å². The van der Waals surface area contributed by atoms with E-state index in [0.29, 0.717) is 0 Å². The zero-order chi connectivity index (χ0) is 20.1. The molecule has 0 saturated heterocycles. The van der Waals surface area contributed by atoms with Crippen molar-refractivity contribution in [3.8, 4) is 22.8 Å². The number of benzene rings is 2. The zero-order valence-corrected chi connectivity index (χ0v) is 17.7. The highest BCUT2D eigenvalue weighted by Gasteiger charge is 2.15. The molecule has 0 radical (unpaired) electrons. The molecule has 2 aromatic carbocycles. The van der Waals surface area contributed by atoms with Crippen LogP contribution >= 0.6 is 11.3 Å². The van der Waals surface area contributed by atoms with E-state index < -0.39 is 0 Å². The average Bonchev–Trinajstić information content (AvgIpc) is 3.27. The molecule has 0 bridgehead atoms. The molecule has 0 amide bonds. The molecule has 0 unspecified atom stereocenters. The first-order valence-electron chi connectivity index (χ1n) is 10.1. The maximum Gasteiger partial charge on any atom is 0.209 e. The van der Waals surface area contributed by atoms with E-state index in [1.165, 1.54) is 37.7 Å². The Kier molecular flexibility index (Phi) is 6.25. The van der Waals surface area contributed by atoms with Crippen LogP contribution in [0.25, 0.3) is 11.3 Å². The zero-order valence-electron chi connectivity index (χ0n) is 16.9.